The summed E-state index contributed by atoms with van der Waals surface area (Å²) in [5.41, 5.74) is 0.269. The van der Waals surface area contributed by atoms with Gasteiger partial charge in [-0.25, -0.2) is 4.98 Å². The first kappa shape index (κ1) is 28.1. The van der Waals surface area contributed by atoms with Crippen LogP contribution in [0.5, 0.6) is 0 Å². The average molecular weight is 564 g/mol. The van der Waals surface area contributed by atoms with Crippen LogP contribution in [0.2, 0.25) is 0 Å². The molecule has 13 heteroatoms. The smallest absolute Gasteiger partial charge is 0.416 e. The highest BCUT2D eigenvalue weighted by atomic mass is 32.1. The summed E-state index contributed by atoms with van der Waals surface area (Å²) in [7, 11) is 0. The Labute approximate surface area is 227 Å². The minimum atomic E-state index is -4.41. The van der Waals surface area contributed by atoms with Crippen molar-refractivity contribution in [1.82, 2.24) is 14.8 Å². The van der Waals surface area contributed by atoms with E-state index < -0.39 is 17.6 Å². The lowest BCUT2D eigenvalue weighted by molar-refractivity contribution is -0.137. The van der Waals surface area contributed by atoms with Gasteiger partial charge in [-0.15, -0.1) is 11.3 Å². The van der Waals surface area contributed by atoms with Crippen LogP contribution in [0.1, 0.15) is 35.2 Å². The molecule has 1 saturated heterocycles. The van der Waals surface area contributed by atoms with E-state index in [2.05, 4.69) is 10.3 Å². The standard InChI is InChI=1S/C26H28F3N5O4S/c1-2-8-34(24(37)21-7-4-13-38-21)16-22(35)31-25-30-19(17-39-25)15-23(36)33-11-9-32(10-12-33)20-6-3-5-18(14-20)26(27,28)29/h3-7,13-14,17H,2,8-12,15-16H2,1H3,(H,30,31,35). The van der Waals surface area contributed by atoms with Crippen molar-refractivity contribution in [1.29, 1.82) is 0 Å². The molecule has 3 amide bonds. The fourth-order valence-corrected chi connectivity index (χ4v) is 4.94. The number of amides is 3. The number of nitrogens with one attached hydrogen (secondary N) is 1. The summed E-state index contributed by atoms with van der Waals surface area (Å²) < 4.78 is 44.2. The lowest BCUT2D eigenvalue weighted by Crippen LogP contribution is -2.49. The molecule has 0 saturated carbocycles. The number of aromatic nitrogens is 1. The van der Waals surface area contributed by atoms with E-state index >= 15 is 0 Å². The fourth-order valence-electron chi connectivity index (χ4n) is 4.22. The minimum Gasteiger partial charge on any atom is -0.459 e. The summed E-state index contributed by atoms with van der Waals surface area (Å²) in [6, 6.07) is 8.32. The molecule has 0 atom stereocenters. The normalized spacial score (nSPS) is 13.8. The maximum absolute atomic E-state index is 13.0. The lowest BCUT2D eigenvalue weighted by Gasteiger charge is -2.36. The predicted molar refractivity (Wildman–Crippen MR) is 140 cm³/mol. The Balaban J connectivity index is 1.26. The van der Waals surface area contributed by atoms with Gasteiger partial charge in [0.2, 0.25) is 11.8 Å². The number of carbonyl (C=O) groups excluding carboxylic acids is 3. The van der Waals surface area contributed by atoms with E-state index in [0.29, 0.717) is 55.7 Å². The second-order valence-electron chi connectivity index (χ2n) is 8.99. The van der Waals surface area contributed by atoms with Gasteiger partial charge in [-0.2, -0.15) is 13.2 Å². The van der Waals surface area contributed by atoms with Gasteiger partial charge in [0.25, 0.3) is 5.91 Å². The highest BCUT2D eigenvalue weighted by Crippen LogP contribution is 2.32. The molecule has 39 heavy (non-hydrogen) atoms. The largest absolute Gasteiger partial charge is 0.459 e. The predicted octanol–water partition coefficient (Wildman–Crippen LogP) is 4.14. The first-order valence-corrected chi connectivity index (χ1v) is 13.3. The maximum atomic E-state index is 13.0. The Hall–Kier alpha value is -3.87. The third kappa shape index (κ3) is 7.37. The Bertz CT molecular complexity index is 1290. The second-order valence-corrected chi connectivity index (χ2v) is 9.85. The fraction of sp³-hybridized carbons (Fsp3) is 0.385. The molecule has 1 aliphatic rings. The number of rotatable bonds is 9. The third-order valence-corrected chi connectivity index (χ3v) is 6.96. The number of halogens is 3. The van der Waals surface area contributed by atoms with Crippen molar-refractivity contribution in [2.75, 3.05) is 49.5 Å². The third-order valence-electron chi connectivity index (χ3n) is 6.15. The Morgan fingerprint density at radius 3 is 2.56 bits per heavy atom. The number of anilines is 2. The summed E-state index contributed by atoms with van der Waals surface area (Å²) >= 11 is 1.18. The molecule has 4 rings (SSSR count). The number of furan rings is 1. The van der Waals surface area contributed by atoms with Crippen LogP contribution in [0.25, 0.3) is 0 Å². The molecule has 1 aromatic carbocycles. The van der Waals surface area contributed by atoms with Crippen molar-refractivity contribution in [3.63, 3.8) is 0 Å². The summed E-state index contributed by atoms with van der Waals surface area (Å²) in [5, 5.41) is 4.68. The number of carbonyl (C=O) groups is 3. The van der Waals surface area contributed by atoms with E-state index in [1.54, 1.807) is 22.4 Å². The van der Waals surface area contributed by atoms with Gasteiger partial charge in [0.15, 0.2) is 10.9 Å². The summed E-state index contributed by atoms with van der Waals surface area (Å²) in [6.07, 6.45) is -2.32. The molecule has 9 nitrogen and oxygen atoms in total. The van der Waals surface area contributed by atoms with Gasteiger partial charge < -0.3 is 24.4 Å². The number of hydrogen-bond acceptors (Lipinski definition) is 7. The quantitative estimate of drug-likeness (QED) is 0.420. The molecule has 0 unspecified atom stereocenters. The lowest BCUT2D eigenvalue weighted by atomic mass is 10.1. The van der Waals surface area contributed by atoms with Crippen LogP contribution in [-0.4, -0.2) is 71.8 Å². The van der Waals surface area contributed by atoms with E-state index in [1.165, 1.54) is 34.6 Å². The van der Waals surface area contributed by atoms with Gasteiger partial charge in [-0.3, -0.25) is 14.4 Å². The average Bonchev–Trinajstić information content (AvgIpc) is 3.60. The SMILES string of the molecule is CCCN(CC(=O)Nc1nc(CC(=O)N2CCN(c3cccc(C(F)(F)F)c3)CC2)cs1)C(=O)c1ccco1. The highest BCUT2D eigenvalue weighted by molar-refractivity contribution is 7.13. The number of thiazole rings is 1. The highest BCUT2D eigenvalue weighted by Gasteiger charge is 2.31. The zero-order valence-electron chi connectivity index (χ0n) is 21.2. The van der Waals surface area contributed by atoms with Crippen molar-refractivity contribution in [3.05, 3.63) is 65.1 Å². The van der Waals surface area contributed by atoms with Crippen LogP contribution < -0.4 is 10.2 Å². The van der Waals surface area contributed by atoms with E-state index in [0.717, 1.165) is 12.1 Å². The number of alkyl halides is 3. The van der Waals surface area contributed by atoms with E-state index in [-0.39, 0.29) is 30.5 Å². The van der Waals surface area contributed by atoms with Gasteiger partial charge in [0.05, 0.1) is 23.9 Å². The molecule has 0 aliphatic carbocycles. The van der Waals surface area contributed by atoms with Crippen LogP contribution in [0, 0.1) is 0 Å². The molecule has 0 bridgehead atoms. The molecule has 2 aromatic heterocycles. The Kier molecular flexibility index (Phi) is 8.90. The molecule has 208 valence electrons. The van der Waals surface area contributed by atoms with Gasteiger partial charge >= 0.3 is 6.18 Å². The van der Waals surface area contributed by atoms with Crippen LogP contribution in [-0.2, 0) is 22.2 Å². The molecule has 1 N–H and O–H groups in total. The van der Waals surface area contributed by atoms with E-state index in [1.807, 2.05) is 11.8 Å². The molecular formula is C26H28F3N5O4S. The summed E-state index contributed by atoms with van der Waals surface area (Å²) in [4.78, 5) is 47.1. The molecule has 3 heterocycles. The van der Waals surface area contributed by atoms with Crippen LogP contribution >= 0.6 is 11.3 Å². The number of piperazine rings is 1. The summed E-state index contributed by atoms with van der Waals surface area (Å²) in [6.45, 7) is 3.69. The Morgan fingerprint density at radius 2 is 1.90 bits per heavy atom. The van der Waals surface area contributed by atoms with Gasteiger partial charge in [-0.1, -0.05) is 13.0 Å². The first-order chi connectivity index (χ1) is 18.6. The minimum absolute atomic E-state index is 0.0366. The molecular weight excluding hydrogens is 535 g/mol. The molecule has 0 spiro atoms. The first-order valence-electron chi connectivity index (χ1n) is 12.4. The summed E-state index contributed by atoms with van der Waals surface area (Å²) in [5.74, 6) is -0.793. The molecule has 3 aromatic rings. The second kappa shape index (κ2) is 12.3. The van der Waals surface area contributed by atoms with Crippen molar-refractivity contribution < 1.29 is 32.0 Å². The van der Waals surface area contributed by atoms with Gasteiger partial charge in [-0.05, 0) is 36.8 Å². The zero-order valence-corrected chi connectivity index (χ0v) is 22.1. The number of nitrogens with zero attached hydrogens (tertiary/aromatic N) is 4. The topological polar surface area (TPSA) is 99.0 Å². The zero-order chi connectivity index (χ0) is 28.0. The van der Waals surface area contributed by atoms with E-state index in [4.69, 9.17) is 4.42 Å². The van der Waals surface area contributed by atoms with Crippen LogP contribution in [0.3, 0.4) is 0 Å². The van der Waals surface area contributed by atoms with Gasteiger partial charge in [0, 0.05) is 43.8 Å². The molecule has 1 fully saturated rings. The monoisotopic (exact) mass is 563 g/mol. The molecule has 1 aliphatic heterocycles. The number of hydrogen-bond donors (Lipinski definition) is 1. The van der Waals surface area contributed by atoms with E-state index in [9.17, 15) is 27.6 Å². The Morgan fingerprint density at radius 1 is 1.13 bits per heavy atom. The maximum Gasteiger partial charge on any atom is 0.416 e. The van der Waals surface area contributed by atoms with Crippen molar-refractivity contribution >= 4 is 39.9 Å². The van der Waals surface area contributed by atoms with Crippen LogP contribution in [0.4, 0.5) is 24.0 Å². The van der Waals surface area contributed by atoms with Gasteiger partial charge in [0.1, 0.15) is 6.54 Å². The van der Waals surface area contributed by atoms with Crippen molar-refractivity contribution in [3.8, 4) is 0 Å². The van der Waals surface area contributed by atoms with Crippen LogP contribution in [0.15, 0.2) is 52.5 Å². The van der Waals surface area contributed by atoms with Crippen molar-refractivity contribution in [2.24, 2.45) is 0 Å². The number of benzene rings is 1. The molecule has 0 radical (unpaired) electrons. The van der Waals surface area contributed by atoms with Crippen molar-refractivity contribution in [2.45, 2.75) is 25.9 Å².